The first-order chi connectivity index (χ1) is 17.3. The van der Waals surface area contributed by atoms with E-state index < -0.39 is 12.2 Å². The van der Waals surface area contributed by atoms with Crippen LogP contribution in [0.4, 0.5) is 0 Å². The fraction of sp³-hybridized carbons (Fsp3) is 0.0714. The van der Waals surface area contributed by atoms with E-state index in [0.29, 0.717) is 39.3 Å². The number of benzene rings is 4. The fourth-order valence-electron chi connectivity index (χ4n) is 4.77. The van der Waals surface area contributed by atoms with Crippen molar-refractivity contribution < 1.29 is 40.1 Å². The quantitative estimate of drug-likeness (QED) is 0.166. The number of hydrogen-bond donors (Lipinski definition) is 6. The molecule has 8 nitrogen and oxygen atoms in total. The van der Waals surface area contributed by atoms with Crippen LogP contribution in [0.25, 0.3) is 23.3 Å². The minimum Gasteiger partial charge on any atom is -0.508 e. The van der Waals surface area contributed by atoms with Gasteiger partial charge in [-0.1, -0.05) is 18.2 Å². The third-order valence-corrected chi connectivity index (χ3v) is 6.31. The maximum absolute atomic E-state index is 10.6. The van der Waals surface area contributed by atoms with Crippen LogP contribution in [0.1, 0.15) is 34.5 Å². The summed E-state index contributed by atoms with van der Waals surface area (Å²) < 4.78 is 12.6. The van der Waals surface area contributed by atoms with Crippen LogP contribution in [0, 0.1) is 0 Å². The van der Waals surface area contributed by atoms with Crippen LogP contribution in [0.5, 0.6) is 46.0 Å². The van der Waals surface area contributed by atoms with Gasteiger partial charge in [0.15, 0.2) is 35.2 Å². The normalized spacial score (nSPS) is 17.3. The van der Waals surface area contributed by atoms with E-state index in [0.717, 1.165) is 5.56 Å². The molecule has 1 aliphatic carbocycles. The predicted octanol–water partition coefficient (Wildman–Crippen LogP) is 5.32. The lowest BCUT2D eigenvalue weighted by Gasteiger charge is -2.39. The lowest BCUT2D eigenvalue weighted by Crippen LogP contribution is -2.30. The Morgan fingerprint density at radius 3 is 1.94 bits per heavy atom. The van der Waals surface area contributed by atoms with Crippen molar-refractivity contribution in [3.63, 3.8) is 0 Å². The maximum Gasteiger partial charge on any atom is 0.166 e. The second kappa shape index (κ2) is 7.78. The Morgan fingerprint density at radius 1 is 0.528 bits per heavy atom. The van der Waals surface area contributed by atoms with Gasteiger partial charge in [0, 0.05) is 28.8 Å². The van der Waals surface area contributed by atoms with E-state index >= 15 is 0 Å². The number of fused-ring (bicyclic) bond motifs is 7. The van der Waals surface area contributed by atoms with Crippen molar-refractivity contribution in [3.05, 3.63) is 82.9 Å². The summed E-state index contributed by atoms with van der Waals surface area (Å²) in [6.07, 6.45) is 2.04. The maximum atomic E-state index is 10.6. The van der Waals surface area contributed by atoms with Crippen molar-refractivity contribution in [2.75, 3.05) is 0 Å². The molecule has 0 aromatic heterocycles. The summed E-state index contributed by atoms with van der Waals surface area (Å²) in [5, 5.41) is 60.4. The standard InChI is InChI=1S/C28H20O8/c29-15-5-14(6-16(30)8-15)2-1-13-3-4-24-25(7-13)36-27-19-12-22(33)21(32)11-18(19)26-20(28(27)35-24)9-17(31)10-23(26)34/h1-12,27-34H/b2-1+/t27-,28-/m1/s1. The molecule has 6 rings (SSSR count). The molecule has 0 radical (unpaired) electrons. The van der Waals surface area contributed by atoms with Crippen molar-refractivity contribution in [2.45, 2.75) is 12.2 Å². The molecule has 1 aliphatic heterocycles. The van der Waals surface area contributed by atoms with Gasteiger partial charge in [-0.2, -0.15) is 0 Å². The lowest BCUT2D eigenvalue weighted by atomic mass is 9.80. The van der Waals surface area contributed by atoms with Crippen LogP contribution < -0.4 is 9.47 Å². The van der Waals surface area contributed by atoms with Crippen LogP contribution in [-0.4, -0.2) is 30.6 Å². The van der Waals surface area contributed by atoms with Gasteiger partial charge in [0.1, 0.15) is 23.0 Å². The highest BCUT2D eigenvalue weighted by atomic mass is 16.6. The Labute approximate surface area is 204 Å². The summed E-state index contributed by atoms with van der Waals surface area (Å²) in [5.41, 5.74) is 3.18. The third kappa shape index (κ3) is 3.47. The summed E-state index contributed by atoms with van der Waals surface area (Å²) in [6.45, 7) is 0. The van der Waals surface area contributed by atoms with Crippen LogP contribution in [0.15, 0.2) is 60.7 Å². The SMILES string of the molecule is Oc1cc(O)cc(/C=C/c2ccc3c(c2)O[C@@H]2c4cc(O)c(O)cc4-c4c(O)cc(O)cc4[C@H]2O3)c1. The highest BCUT2D eigenvalue weighted by molar-refractivity contribution is 5.83. The van der Waals surface area contributed by atoms with Gasteiger partial charge in [0.05, 0.1) is 0 Å². The molecule has 4 aromatic carbocycles. The number of ether oxygens (including phenoxy) is 2. The van der Waals surface area contributed by atoms with Gasteiger partial charge < -0.3 is 40.1 Å². The number of hydrogen-bond acceptors (Lipinski definition) is 8. The molecular weight excluding hydrogens is 464 g/mol. The Hall–Kier alpha value is -4.98. The largest absolute Gasteiger partial charge is 0.508 e. The number of rotatable bonds is 2. The average Bonchev–Trinajstić information content (AvgIpc) is 2.82. The van der Waals surface area contributed by atoms with Crippen molar-refractivity contribution in [1.29, 1.82) is 0 Å². The Kier molecular flexibility index (Phi) is 4.65. The molecule has 6 N–H and O–H groups in total. The van der Waals surface area contributed by atoms with Crippen molar-refractivity contribution in [2.24, 2.45) is 0 Å². The van der Waals surface area contributed by atoms with Gasteiger partial charge in [-0.05, 0) is 59.2 Å². The lowest BCUT2D eigenvalue weighted by molar-refractivity contribution is 0.0166. The molecule has 36 heavy (non-hydrogen) atoms. The minimum atomic E-state index is -0.741. The summed E-state index contributed by atoms with van der Waals surface area (Å²) in [5.74, 6) is -0.252. The van der Waals surface area contributed by atoms with Crippen molar-refractivity contribution in [3.8, 4) is 57.1 Å². The molecule has 0 spiro atoms. The zero-order valence-electron chi connectivity index (χ0n) is 18.6. The van der Waals surface area contributed by atoms with Gasteiger partial charge in [-0.25, -0.2) is 0 Å². The molecule has 8 heteroatoms. The van der Waals surface area contributed by atoms with Crippen LogP contribution in [-0.2, 0) is 0 Å². The molecule has 0 amide bonds. The zero-order chi connectivity index (χ0) is 25.1. The molecule has 2 aliphatic rings. The second-order valence-corrected chi connectivity index (χ2v) is 8.76. The van der Waals surface area contributed by atoms with E-state index in [2.05, 4.69) is 0 Å². The first-order valence-corrected chi connectivity index (χ1v) is 11.1. The highest BCUT2D eigenvalue weighted by Crippen LogP contribution is 2.57. The van der Waals surface area contributed by atoms with E-state index in [4.69, 9.17) is 9.47 Å². The third-order valence-electron chi connectivity index (χ3n) is 6.31. The summed E-state index contributed by atoms with van der Waals surface area (Å²) in [6, 6.07) is 15.0. The molecule has 1 heterocycles. The molecule has 0 fully saturated rings. The first kappa shape index (κ1) is 21.5. The Bertz CT molecular complexity index is 1550. The molecule has 0 saturated carbocycles. The van der Waals surface area contributed by atoms with Crippen LogP contribution in [0.3, 0.4) is 0 Å². The molecular formula is C28H20O8. The minimum absolute atomic E-state index is 0.0505. The van der Waals surface area contributed by atoms with E-state index in [1.54, 1.807) is 24.3 Å². The molecule has 0 saturated heterocycles. The molecule has 4 aromatic rings. The zero-order valence-corrected chi connectivity index (χ0v) is 18.6. The Morgan fingerprint density at radius 2 is 1.17 bits per heavy atom. The smallest absolute Gasteiger partial charge is 0.166 e. The van der Waals surface area contributed by atoms with E-state index in [-0.39, 0.29) is 34.5 Å². The van der Waals surface area contributed by atoms with E-state index in [1.165, 1.54) is 42.5 Å². The van der Waals surface area contributed by atoms with Gasteiger partial charge in [0.2, 0.25) is 0 Å². The number of phenolic OH excluding ortho intramolecular Hbond substituents is 6. The number of phenols is 6. The summed E-state index contributed by atoms with van der Waals surface area (Å²) in [7, 11) is 0. The van der Waals surface area contributed by atoms with E-state index in [9.17, 15) is 30.6 Å². The second-order valence-electron chi connectivity index (χ2n) is 8.76. The van der Waals surface area contributed by atoms with Crippen molar-refractivity contribution in [1.82, 2.24) is 0 Å². The fourth-order valence-corrected chi connectivity index (χ4v) is 4.77. The highest BCUT2D eigenvalue weighted by Gasteiger charge is 2.42. The monoisotopic (exact) mass is 484 g/mol. The van der Waals surface area contributed by atoms with Gasteiger partial charge in [-0.15, -0.1) is 0 Å². The van der Waals surface area contributed by atoms with Crippen LogP contribution in [0.2, 0.25) is 0 Å². The first-order valence-electron chi connectivity index (χ1n) is 11.1. The molecule has 0 unspecified atom stereocenters. The molecule has 0 bridgehead atoms. The average molecular weight is 484 g/mol. The van der Waals surface area contributed by atoms with Gasteiger partial charge in [-0.3, -0.25) is 0 Å². The van der Waals surface area contributed by atoms with E-state index in [1.807, 2.05) is 6.07 Å². The van der Waals surface area contributed by atoms with Gasteiger partial charge in [0.25, 0.3) is 0 Å². The molecule has 180 valence electrons. The van der Waals surface area contributed by atoms with Crippen LogP contribution >= 0.6 is 0 Å². The number of aromatic hydroxyl groups is 6. The summed E-state index contributed by atoms with van der Waals surface area (Å²) >= 11 is 0. The van der Waals surface area contributed by atoms with Crippen molar-refractivity contribution >= 4 is 12.2 Å². The van der Waals surface area contributed by atoms with Gasteiger partial charge >= 0.3 is 0 Å². The molecule has 2 atom stereocenters. The summed E-state index contributed by atoms with van der Waals surface area (Å²) in [4.78, 5) is 0. The predicted molar refractivity (Wildman–Crippen MR) is 130 cm³/mol. The topological polar surface area (TPSA) is 140 Å². The Balaban J connectivity index is 1.42.